The van der Waals surface area contributed by atoms with E-state index in [1.807, 2.05) is 25.1 Å². The van der Waals surface area contributed by atoms with Gasteiger partial charge in [0.15, 0.2) is 0 Å². The Morgan fingerprint density at radius 2 is 1.68 bits per heavy atom. The maximum Gasteiger partial charge on any atom is 0.261 e. The molecule has 0 fully saturated rings. The van der Waals surface area contributed by atoms with Crippen LogP contribution in [0.2, 0.25) is 5.02 Å². The van der Waals surface area contributed by atoms with Crippen molar-refractivity contribution in [3.8, 4) is 0 Å². The quantitative estimate of drug-likeness (QED) is 0.546. The Kier molecular flexibility index (Phi) is 4.83. The number of anilines is 1. The molecule has 3 rings (SSSR count). The van der Waals surface area contributed by atoms with Crippen molar-refractivity contribution in [1.29, 1.82) is 0 Å². The molecular weight excluding hydrogens is 353 g/mol. The molecule has 25 heavy (non-hydrogen) atoms. The number of imide groups is 1. The molecule has 132 valence electrons. The number of benzene rings is 1. The lowest BCUT2D eigenvalue weighted by Gasteiger charge is -2.19. The fraction of sp³-hybridized carbons (Fsp3) is 0.350. The number of halogens is 1. The van der Waals surface area contributed by atoms with Gasteiger partial charge in [0.25, 0.3) is 11.8 Å². The third kappa shape index (κ3) is 3.54. The third-order valence-electron chi connectivity index (χ3n) is 4.60. The summed E-state index contributed by atoms with van der Waals surface area (Å²) in [5.74, 6) is 1.75. The summed E-state index contributed by atoms with van der Waals surface area (Å²) in [5, 5.41) is 0.614. The van der Waals surface area contributed by atoms with Gasteiger partial charge in [0.05, 0.1) is 5.69 Å². The molecular formula is C20H23ClNO2P. The normalized spacial score (nSPS) is 18.5. The number of hydrogen-bond donors (Lipinski definition) is 0. The first-order chi connectivity index (χ1) is 11.7. The summed E-state index contributed by atoms with van der Waals surface area (Å²) in [7, 11) is 0. The van der Waals surface area contributed by atoms with E-state index in [2.05, 4.69) is 25.4 Å². The Morgan fingerprint density at radius 1 is 1.12 bits per heavy atom. The summed E-state index contributed by atoms with van der Waals surface area (Å²) in [5.41, 5.74) is 3.67. The smallest absolute Gasteiger partial charge is 0.261 e. The maximum absolute atomic E-state index is 12.8. The molecule has 1 aliphatic carbocycles. The minimum Gasteiger partial charge on any atom is -0.269 e. The monoisotopic (exact) mass is 375 g/mol. The molecule has 3 nitrogen and oxygen atoms in total. The van der Waals surface area contributed by atoms with Crippen LogP contribution in [0.1, 0.15) is 36.8 Å². The fourth-order valence-corrected chi connectivity index (χ4v) is 4.13. The summed E-state index contributed by atoms with van der Waals surface area (Å²) in [6.07, 6.45) is 9.47. The van der Waals surface area contributed by atoms with E-state index >= 15 is 0 Å². The van der Waals surface area contributed by atoms with Gasteiger partial charge in [-0.25, -0.2) is 4.90 Å². The van der Waals surface area contributed by atoms with Crippen molar-refractivity contribution in [3.63, 3.8) is 0 Å². The number of amides is 2. The van der Waals surface area contributed by atoms with Gasteiger partial charge in [-0.05, 0) is 69.2 Å². The van der Waals surface area contributed by atoms with E-state index in [1.165, 1.54) is 4.90 Å². The van der Waals surface area contributed by atoms with E-state index in [-0.39, 0.29) is 11.8 Å². The Bertz CT molecular complexity index is 848. The Morgan fingerprint density at radius 3 is 2.20 bits per heavy atom. The average Bonchev–Trinajstić information content (AvgIpc) is 2.78. The van der Waals surface area contributed by atoms with Crippen LogP contribution in [0.5, 0.6) is 0 Å². The standard InChI is InChI=1S/C20H23ClNO2P/c1-13-11-17(21)14(9-10-25(2,3)4)12-18(13)22-19(23)15-7-5-6-8-16(15)20(22)24/h9-12H,2,5-8H2,1,3-4H3. The van der Waals surface area contributed by atoms with Crippen molar-refractivity contribution in [2.24, 2.45) is 0 Å². The maximum atomic E-state index is 12.8. The number of rotatable bonds is 3. The second kappa shape index (κ2) is 6.63. The van der Waals surface area contributed by atoms with Crippen molar-refractivity contribution in [1.82, 2.24) is 0 Å². The zero-order valence-corrected chi connectivity index (χ0v) is 16.6. The van der Waals surface area contributed by atoms with E-state index in [0.29, 0.717) is 34.7 Å². The third-order valence-corrected chi connectivity index (χ3v) is 5.89. The number of aryl methyl sites for hydroxylation is 1. The largest absolute Gasteiger partial charge is 0.269 e. The average molecular weight is 376 g/mol. The Hall–Kier alpha value is -1.57. The summed E-state index contributed by atoms with van der Waals surface area (Å²) in [6, 6.07) is 3.67. The van der Waals surface area contributed by atoms with Crippen LogP contribution in [0.15, 0.2) is 29.1 Å². The molecule has 0 saturated heterocycles. The SMILES string of the molecule is C=P(C)(C)C=Cc1cc(N2C(=O)C3=C(CCCC3)C2=O)c(C)cc1Cl. The molecule has 0 aromatic heterocycles. The Balaban J connectivity index is 2.03. The molecule has 5 heteroatoms. The number of nitrogens with zero attached hydrogens (tertiary/aromatic N) is 1. The molecule has 0 saturated carbocycles. The molecule has 2 amide bonds. The van der Waals surface area contributed by atoms with E-state index < -0.39 is 6.89 Å². The van der Waals surface area contributed by atoms with Gasteiger partial charge in [0.2, 0.25) is 0 Å². The van der Waals surface area contributed by atoms with Gasteiger partial charge in [0.1, 0.15) is 0 Å². The van der Waals surface area contributed by atoms with Crippen LogP contribution in [-0.2, 0) is 9.59 Å². The van der Waals surface area contributed by atoms with Crippen LogP contribution in [0.25, 0.3) is 6.08 Å². The lowest BCUT2D eigenvalue weighted by Crippen LogP contribution is -2.32. The summed E-state index contributed by atoms with van der Waals surface area (Å²) >= 11 is 6.37. The van der Waals surface area contributed by atoms with Gasteiger partial charge in [-0.2, -0.15) is 0 Å². The summed E-state index contributed by atoms with van der Waals surface area (Å²) in [6.45, 7) is 4.75. The highest BCUT2D eigenvalue weighted by Gasteiger charge is 2.40. The second-order valence-electron chi connectivity index (χ2n) is 7.36. The van der Waals surface area contributed by atoms with Gasteiger partial charge in [-0.1, -0.05) is 36.7 Å². The molecule has 0 spiro atoms. The first-order valence-corrected chi connectivity index (χ1v) is 11.8. The summed E-state index contributed by atoms with van der Waals surface area (Å²) < 4.78 is 0. The van der Waals surface area contributed by atoms with Crippen LogP contribution in [0, 0.1) is 6.92 Å². The second-order valence-corrected chi connectivity index (χ2v) is 11.6. The van der Waals surface area contributed by atoms with Gasteiger partial charge in [0, 0.05) is 16.2 Å². The van der Waals surface area contributed by atoms with Crippen LogP contribution in [0.4, 0.5) is 5.69 Å². The Labute approximate surface area is 154 Å². The van der Waals surface area contributed by atoms with Gasteiger partial charge in [-0.15, -0.1) is 0 Å². The zero-order valence-electron chi connectivity index (χ0n) is 14.9. The van der Waals surface area contributed by atoms with Crippen molar-refractivity contribution >= 4 is 48.4 Å². The number of carbonyl (C=O) groups excluding carboxylic acids is 2. The van der Waals surface area contributed by atoms with Crippen molar-refractivity contribution in [2.75, 3.05) is 18.2 Å². The highest BCUT2D eigenvalue weighted by Crippen LogP contribution is 2.40. The fourth-order valence-electron chi connectivity index (χ4n) is 3.29. The lowest BCUT2D eigenvalue weighted by atomic mass is 9.93. The molecule has 1 aromatic rings. The molecule has 1 aromatic carbocycles. The summed E-state index contributed by atoms with van der Waals surface area (Å²) in [4.78, 5) is 27.0. The molecule has 0 bridgehead atoms. The minimum atomic E-state index is -1.34. The topological polar surface area (TPSA) is 37.4 Å². The first-order valence-electron chi connectivity index (χ1n) is 8.47. The predicted molar refractivity (Wildman–Crippen MR) is 109 cm³/mol. The van der Waals surface area contributed by atoms with Crippen molar-refractivity contribution in [3.05, 3.63) is 45.2 Å². The van der Waals surface area contributed by atoms with Crippen molar-refractivity contribution in [2.45, 2.75) is 32.6 Å². The number of hydrogen-bond acceptors (Lipinski definition) is 2. The highest BCUT2D eigenvalue weighted by molar-refractivity contribution is 7.75. The lowest BCUT2D eigenvalue weighted by molar-refractivity contribution is -0.120. The van der Waals surface area contributed by atoms with Crippen LogP contribution >= 0.6 is 18.5 Å². The van der Waals surface area contributed by atoms with E-state index in [0.717, 1.165) is 24.0 Å². The van der Waals surface area contributed by atoms with Crippen LogP contribution in [0.3, 0.4) is 0 Å². The van der Waals surface area contributed by atoms with E-state index in [4.69, 9.17) is 11.6 Å². The molecule has 0 atom stereocenters. The predicted octanol–water partition coefficient (Wildman–Crippen LogP) is 5.07. The molecule has 0 unspecified atom stereocenters. The van der Waals surface area contributed by atoms with Crippen LogP contribution < -0.4 is 4.90 Å². The molecule has 1 aliphatic heterocycles. The van der Waals surface area contributed by atoms with Crippen molar-refractivity contribution < 1.29 is 9.59 Å². The molecule has 0 N–H and O–H groups in total. The van der Waals surface area contributed by atoms with Gasteiger partial charge in [-0.3, -0.25) is 9.59 Å². The molecule has 2 aliphatic rings. The van der Waals surface area contributed by atoms with E-state index in [9.17, 15) is 9.59 Å². The van der Waals surface area contributed by atoms with Gasteiger partial charge >= 0.3 is 0 Å². The number of carbonyl (C=O) groups is 2. The van der Waals surface area contributed by atoms with Crippen LogP contribution in [-0.4, -0.2) is 31.4 Å². The van der Waals surface area contributed by atoms with E-state index in [1.54, 1.807) is 0 Å². The first kappa shape index (κ1) is 18.2. The highest BCUT2D eigenvalue weighted by atomic mass is 35.5. The molecule has 0 radical (unpaired) electrons. The zero-order chi connectivity index (χ0) is 18.4. The minimum absolute atomic E-state index is 0.162. The van der Waals surface area contributed by atoms with Gasteiger partial charge < -0.3 is 0 Å². The molecule has 1 heterocycles.